The molecule has 23 heavy (non-hydrogen) atoms. The molecule has 1 aromatic heterocycles. The summed E-state index contributed by atoms with van der Waals surface area (Å²) in [4.78, 5) is 35.9. The molecule has 1 N–H and O–H groups in total. The second-order valence-corrected chi connectivity index (χ2v) is 4.64. The Balaban J connectivity index is 2.63. The first-order valence-corrected chi connectivity index (χ1v) is 6.89. The summed E-state index contributed by atoms with van der Waals surface area (Å²) in [6, 6.07) is 4.63. The van der Waals surface area contributed by atoms with Gasteiger partial charge in [0, 0.05) is 12.8 Å². The first-order valence-electron chi connectivity index (χ1n) is 6.89. The summed E-state index contributed by atoms with van der Waals surface area (Å²) in [5.74, 6) is -1.98. The molecule has 0 spiro atoms. The van der Waals surface area contributed by atoms with Crippen LogP contribution >= 0.6 is 0 Å². The summed E-state index contributed by atoms with van der Waals surface area (Å²) in [7, 11) is 0. The predicted molar refractivity (Wildman–Crippen MR) is 79.7 cm³/mol. The van der Waals surface area contributed by atoms with Gasteiger partial charge >= 0.3 is 11.7 Å². The van der Waals surface area contributed by atoms with Crippen molar-refractivity contribution in [2.45, 2.75) is 13.5 Å². The lowest BCUT2D eigenvalue weighted by Crippen LogP contribution is -2.41. The minimum atomic E-state index is -1.45. The van der Waals surface area contributed by atoms with Crippen molar-refractivity contribution in [1.82, 2.24) is 9.13 Å². The molecule has 0 aliphatic rings. The van der Waals surface area contributed by atoms with Gasteiger partial charge in [0.15, 0.2) is 0 Å². The zero-order valence-electron chi connectivity index (χ0n) is 12.4. The van der Waals surface area contributed by atoms with Gasteiger partial charge in [0.25, 0.3) is 5.56 Å². The number of aromatic nitrogens is 2. The summed E-state index contributed by atoms with van der Waals surface area (Å²) in [6.45, 7) is 2.51. The van der Waals surface area contributed by atoms with E-state index in [1.165, 1.54) is 12.1 Å². The fraction of sp³-hybridized carbons (Fsp3) is 0.267. The number of nitrogens with zero attached hydrogens (tertiary/aromatic N) is 2. The van der Waals surface area contributed by atoms with Crippen LogP contribution in [0.3, 0.4) is 0 Å². The highest BCUT2D eigenvalue weighted by Gasteiger charge is 2.17. The molecule has 0 aliphatic carbocycles. The standard InChI is InChI=1S/C15H15FN2O5/c1-2-23-8-7-17-9-12(14(20)21)13(19)18(15(17)22)11-5-3-10(16)4-6-11/h3-6,9H,2,7-8H2,1H3,(H,20,21). The fourth-order valence-corrected chi connectivity index (χ4v) is 2.03. The van der Waals surface area contributed by atoms with E-state index in [1.807, 2.05) is 0 Å². The van der Waals surface area contributed by atoms with Gasteiger partial charge in [0.05, 0.1) is 18.8 Å². The average molecular weight is 322 g/mol. The maximum Gasteiger partial charge on any atom is 0.342 e. The van der Waals surface area contributed by atoms with Crippen molar-refractivity contribution in [2.24, 2.45) is 0 Å². The molecule has 0 bridgehead atoms. The Kier molecular flexibility index (Phi) is 5.07. The number of carboxylic acid groups (broad SMARTS) is 1. The number of halogens is 1. The maximum absolute atomic E-state index is 13.0. The molecule has 0 unspecified atom stereocenters. The minimum absolute atomic E-state index is 0.0917. The van der Waals surface area contributed by atoms with E-state index in [0.717, 1.165) is 22.9 Å². The van der Waals surface area contributed by atoms with E-state index in [4.69, 9.17) is 9.84 Å². The predicted octanol–water partition coefficient (Wildman–Crippen LogP) is 0.873. The highest BCUT2D eigenvalue weighted by molar-refractivity contribution is 5.86. The van der Waals surface area contributed by atoms with Crippen LogP contribution in [-0.2, 0) is 11.3 Å². The molecule has 2 aromatic rings. The molecular weight excluding hydrogens is 307 g/mol. The van der Waals surface area contributed by atoms with Crippen molar-refractivity contribution in [3.05, 3.63) is 62.7 Å². The molecule has 7 nitrogen and oxygen atoms in total. The number of benzene rings is 1. The first-order chi connectivity index (χ1) is 11.0. The number of carboxylic acids is 1. The van der Waals surface area contributed by atoms with Crippen LogP contribution in [0.1, 0.15) is 17.3 Å². The summed E-state index contributed by atoms with van der Waals surface area (Å²) in [6.07, 6.45) is 0.992. The number of hydrogen-bond donors (Lipinski definition) is 1. The van der Waals surface area contributed by atoms with Crippen LogP contribution in [0.15, 0.2) is 40.1 Å². The summed E-state index contributed by atoms with van der Waals surface area (Å²) in [5.41, 5.74) is -2.15. The van der Waals surface area contributed by atoms with Crippen molar-refractivity contribution in [3.8, 4) is 5.69 Å². The lowest BCUT2D eigenvalue weighted by molar-refractivity contribution is 0.0692. The van der Waals surface area contributed by atoms with E-state index >= 15 is 0 Å². The van der Waals surface area contributed by atoms with E-state index in [1.54, 1.807) is 6.92 Å². The smallest absolute Gasteiger partial charge is 0.342 e. The number of ether oxygens (including phenoxy) is 1. The van der Waals surface area contributed by atoms with E-state index in [9.17, 15) is 18.8 Å². The Morgan fingerprint density at radius 1 is 1.26 bits per heavy atom. The molecule has 0 saturated carbocycles. The molecule has 0 atom stereocenters. The van der Waals surface area contributed by atoms with Gasteiger partial charge in [-0.1, -0.05) is 0 Å². The molecule has 0 aliphatic heterocycles. The Bertz CT molecular complexity index is 823. The molecule has 1 heterocycles. The zero-order valence-corrected chi connectivity index (χ0v) is 12.4. The van der Waals surface area contributed by atoms with E-state index in [-0.39, 0.29) is 18.8 Å². The van der Waals surface area contributed by atoms with Crippen molar-refractivity contribution < 1.29 is 19.0 Å². The minimum Gasteiger partial charge on any atom is -0.477 e. The molecule has 0 fully saturated rings. The van der Waals surface area contributed by atoms with Crippen molar-refractivity contribution in [2.75, 3.05) is 13.2 Å². The van der Waals surface area contributed by atoms with Gasteiger partial charge < -0.3 is 9.84 Å². The van der Waals surface area contributed by atoms with Crippen molar-refractivity contribution in [3.63, 3.8) is 0 Å². The highest BCUT2D eigenvalue weighted by Crippen LogP contribution is 2.05. The lowest BCUT2D eigenvalue weighted by atomic mass is 10.3. The van der Waals surface area contributed by atoms with E-state index < -0.39 is 28.6 Å². The molecule has 0 saturated heterocycles. The summed E-state index contributed by atoms with van der Waals surface area (Å²) < 4.78 is 19.9. The van der Waals surface area contributed by atoms with E-state index in [0.29, 0.717) is 11.2 Å². The van der Waals surface area contributed by atoms with E-state index in [2.05, 4.69) is 0 Å². The lowest BCUT2D eigenvalue weighted by Gasteiger charge is -2.11. The molecule has 2 rings (SSSR count). The van der Waals surface area contributed by atoms with Gasteiger partial charge in [-0.05, 0) is 31.2 Å². The quantitative estimate of drug-likeness (QED) is 0.797. The second-order valence-electron chi connectivity index (χ2n) is 4.64. The van der Waals surface area contributed by atoms with Gasteiger partial charge in [0.1, 0.15) is 11.4 Å². The van der Waals surface area contributed by atoms with Crippen LogP contribution in [0.4, 0.5) is 4.39 Å². The van der Waals surface area contributed by atoms with Gasteiger partial charge in [0.2, 0.25) is 0 Å². The highest BCUT2D eigenvalue weighted by atomic mass is 19.1. The molecule has 1 aromatic carbocycles. The number of hydrogen-bond acceptors (Lipinski definition) is 4. The topological polar surface area (TPSA) is 90.5 Å². The zero-order chi connectivity index (χ0) is 17.0. The Labute approximate surface area is 130 Å². The van der Waals surface area contributed by atoms with Crippen LogP contribution in [0, 0.1) is 5.82 Å². The fourth-order valence-electron chi connectivity index (χ4n) is 2.03. The molecule has 8 heteroatoms. The van der Waals surface area contributed by atoms with Crippen LogP contribution < -0.4 is 11.2 Å². The van der Waals surface area contributed by atoms with Crippen LogP contribution in [0.2, 0.25) is 0 Å². The first kappa shape index (κ1) is 16.6. The summed E-state index contributed by atoms with van der Waals surface area (Å²) >= 11 is 0. The molecule has 0 radical (unpaired) electrons. The third kappa shape index (κ3) is 3.54. The van der Waals surface area contributed by atoms with Gasteiger partial charge in [-0.2, -0.15) is 0 Å². The van der Waals surface area contributed by atoms with Crippen LogP contribution in [0.25, 0.3) is 5.69 Å². The van der Waals surface area contributed by atoms with Gasteiger partial charge in [-0.3, -0.25) is 9.36 Å². The van der Waals surface area contributed by atoms with Gasteiger partial charge in [-0.25, -0.2) is 18.5 Å². The van der Waals surface area contributed by atoms with Gasteiger partial charge in [-0.15, -0.1) is 0 Å². The normalized spacial score (nSPS) is 10.7. The van der Waals surface area contributed by atoms with Crippen molar-refractivity contribution in [1.29, 1.82) is 0 Å². The average Bonchev–Trinajstić information content (AvgIpc) is 2.51. The Morgan fingerprint density at radius 2 is 1.91 bits per heavy atom. The number of carbonyl (C=O) groups is 1. The SMILES string of the molecule is CCOCCn1cc(C(=O)O)c(=O)n(-c2ccc(F)cc2)c1=O. The molecular formula is C15H15FN2O5. The maximum atomic E-state index is 13.0. The monoisotopic (exact) mass is 322 g/mol. The summed E-state index contributed by atoms with van der Waals surface area (Å²) in [5, 5.41) is 9.15. The van der Waals surface area contributed by atoms with Crippen LogP contribution in [0.5, 0.6) is 0 Å². The third-order valence-corrected chi connectivity index (χ3v) is 3.15. The Hall–Kier alpha value is -2.74. The second kappa shape index (κ2) is 7.01. The molecule has 0 amide bonds. The van der Waals surface area contributed by atoms with Crippen LogP contribution in [-0.4, -0.2) is 33.4 Å². The largest absolute Gasteiger partial charge is 0.477 e. The number of aromatic carboxylic acids is 1. The molecule has 122 valence electrons. The third-order valence-electron chi connectivity index (χ3n) is 3.15. The van der Waals surface area contributed by atoms with Crippen molar-refractivity contribution >= 4 is 5.97 Å². The number of rotatable bonds is 6. The Morgan fingerprint density at radius 3 is 2.48 bits per heavy atom.